The van der Waals surface area contributed by atoms with E-state index in [-0.39, 0.29) is 0 Å². The summed E-state index contributed by atoms with van der Waals surface area (Å²) in [6, 6.07) is 8.34. The average molecular weight is 354 g/mol. The molecule has 0 unspecified atom stereocenters. The van der Waals surface area contributed by atoms with Crippen LogP contribution in [0.25, 0.3) is 0 Å². The second-order valence-corrected chi connectivity index (χ2v) is 5.23. The minimum absolute atomic E-state index is 0.583. The quantitative estimate of drug-likeness (QED) is 0.856. The molecule has 0 saturated heterocycles. The first-order valence-corrected chi connectivity index (χ1v) is 6.73. The molecule has 4 nitrogen and oxygen atoms in total. The van der Waals surface area contributed by atoms with Crippen LogP contribution in [0.2, 0.25) is 0 Å². The van der Waals surface area contributed by atoms with Gasteiger partial charge in [0.05, 0.1) is 3.57 Å². The summed E-state index contributed by atoms with van der Waals surface area (Å²) in [5, 5.41) is 0. The van der Waals surface area contributed by atoms with Gasteiger partial charge in [0.25, 0.3) is 0 Å². The molecule has 2 aromatic rings. The summed E-state index contributed by atoms with van der Waals surface area (Å²) in [7, 11) is 2.03. The van der Waals surface area contributed by atoms with Crippen molar-refractivity contribution in [2.45, 2.75) is 13.1 Å². The lowest BCUT2D eigenvalue weighted by atomic mass is 10.1. The van der Waals surface area contributed by atoms with Crippen LogP contribution >= 0.6 is 22.6 Å². The highest BCUT2D eigenvalue weighted by atomic mass is 127. The topological polar surface area (TPSA) is 55.0 Å². The third-order valence-corrected chi connectivity index (χ3v) is 3.45. The normalized spacial score (nSPS) is 10.4. The van der Waals surface area contributed by atoms with Crippen molar-refractivity contribution in [1.29, 1.82) is 0 Å². The molecule has 2 rings (SSSR count). The fraction of sp³-hybridized carbons (Fsp3) is 0.231. The van der Waals surface area contributed by atoms with Gasteiger partial charge in [-0.3, -0.25) is 0 Å². The number of anilines is 1. The van der Waals surface area contributed by atoms with E-state index >= 15 is 0 Å². The predicted octanol–water partition coefficient (Wildman–Crippen LogP) is 2.18. The van der Waals surface area contributed by atoms with Gasteiger partial charge in [-0.2, -0.15) is 0 Å². The van der Waals surface area contributed by atoms with Crippen LogP contribution in [0.5, 0.6) is 0 Å². The van der Waals surface area contributed by atoms with Gasteiger partial charge in [0.2, 0.25) is 0 Å². The van der Waals surface area contributed by atoms with Gasteiger partial charge in [0.1, 0.15) is 12.1 Å². The number of nitrogens with zero attached hydrogens (tertiary/aromatic N) is 3. The highest BCUT2D eigenvalue weighted by Gasteiger charge is 2.07. The van der Waals surface area contributed by atoms with Gasteiger partial charge in [0.15, 0.2) is 0 Å². The Balaban J connectivity index is 2.11. The van der Waals surface area contributed by atoms with Gasteiger partial charge < -0.3 is 10.6 Å². The molecule has 94 valence electrons. The van der Waals surface area contributed by atoms with Gasteiger partial charge in [-0.1, -0.05) is 24.3 Å². The number of halogens is 1. The highest BCUT2D eigenvalue weighted by Crippen LogP contribution is 2.18. The van der Waals surface area contributed by atoms with Gasteiger partial charge in [-0.15, -0.1) is 0 Å². The number of aromatic nitrogens is 2. The minimum Gasteiger partial charge on any atom is -0.354 e. The molecule has 0 aliphatic carbocycles. The molecule has 1 aromatic heterocycles. The van der Waals surface area contributed by atoms with Crippen molar-refractivity contribution >= 4 is 28.4 Å². The fourth-order valence-corrected chi connectivity index (χ4v) is 2.43. The van der Waals surface area contributed by atoms with E-state index in [4.69, 9.17) is 5.73 Å². The van der Waals surface area contributed by atoms with Crippen molar-refractivity contribution in [2.24, 2.45) is 5.73 Å². The summed E-state index contributed by atoms with van der Waals surface area (Å²) in [4.78, 5) is 10.4. The Labute approximate surface area is 120 Å². The molecule has 1 aromatic carbocycles. The molecular weight excluding hydrogens is 339 g/mol. The Morgan fingerprint density at radius 3 is 2.50 bits per heavy atom. The second-order valence-electron chi connectivity index (χ2n) is 4.07. The minimum atomic E-state index is 0.583. The third-order valence-electron chi connectivity index (χ3n) is 2.69. The summed E-state index contributed by atoms with van der Waals surface area (Å²) in [5.41, 5.74) is 7.97. The average Bonchev–Trinajstić information content (AvgIpc) is 2.40. The smallest absolute Gasteiger partial charge is 0.145 e. The first kappa shape index (κ1) is 13.2. The summed E-state index contributed by atoms with van der Waals surface area (Å²) >= 11 is 2.25. The van der Waals surface area contributed by atoms with E-state index in [0.717, 1.165) is 21.5 Å². The monoisotopic (exact) mass is 354 g/mol. The maximum Gasteiger partial charge on any atom is 0.145 e. The number of hydrogen-bond acceptors (Lipinski definition) is 4. The molecule has 0 aliphatic rings. The first-order chi connectivity index (χ1) is 8.70. The molecule has 0 radical (unpaired) electrons. The van der Waals surface area contributed by atoms with Crippen LogP contribution in [0.4, 0.5) is 5.82 Å². The van der Waals surface area contributed by atoms with Crippen LogP contribution < -0.4 is 10.6 Å². The molecule has 18 heavy (non-hydrogen) atoms. The Kier molecular flexibility index (Phi) is 4.48. The van der Waals surface area contributed by atoms with Crippen molar-refractivity contribution in [2.75, 3.05) is 11.9 Å². The maximum absolute atomic E-state index is 5.58. The SMILES string of the molecule is CN(Cc1ccc(CN)cc1)c1ncncc1I. The van der Waals surface area contributed by atoms with E-state index in [1.165, 1.54) is 5.56 Å². The fourth-order valence-electron chi connectivity index (χ4n) is 1.72. The Hall–Kier alpha value is -1.21. The second kappa shape index (κ2) is 6.10. The summed E-state index contributed by atoms with van der Waals surface area (Å²) < 4.78 is 1.05. The summed E-state index contributed by atoms with van der Waals surface area (Å²) in [5.74, 6) is 0.952. The van der Waals surface area contributed by atoms with Crippen LogP contribution in [0.15, 0.2) is 36.8 Å². The molecule has 2 N–H and O–H groups in total. The molecule has 0 amide bonds. The molecule has 1 heterocycles. The van der Waals surface area contributed by atoms with E-state index in [0.29, 0.717) is 6.54 Å². The third kappa shape index (κ3) is 3.17. The first-order valence-electron chi connectivity index (χ1n) is 5.65. The lowest BCUT2D eigenvalue weighted by Crippen LogP contribution is -2.19. The van der Waals surface area contributed by atoms with E-state index < -0.39 is 0 Å². The van der Waals surface area contributed by atoms with Gasteiger partial charge in [0, 0.05) is 26.3 Å². The summed E-state index contributed by atoms with van der Waals surface area (Å²) in [6.45, 7) is 1.40. The van der Waals surface area contributed by atoms with Crippen LogP contribution in [0, 0.1) is 3.57 Å². The van der Waals surface area contributed by atoms with Gasteiger partial charge >= 0.3 is 0 Å². The van der Waals surface area contributed by atoms with E-state index in [9.17, 15) is 0 Å². The lowest BCUT2D eigenvalue weighted by Gasteiger charge is -2.19. The number of rotatable bonds is 4. The molecule has 0 fully saturated rings. The van der Waals surface area contributed by atoms with Gasteiger partial charge in [-0.05, 0) is 33.7 Å². The molecular formula is C13H15IN4. The van der Waals surface area contributed by atoms with Crippen molar-refractivity contribution in [1.82, 2.24) is 9.97 Å². The Bertz CT molecular complexity index is 513. The maximum atomic E-state index is 5.58. The van der Waals surface area contributed by atoms with Crippen molar-refractivity contribution in [3.05, 3.63) is 51.5 Å². The Morgan fingerprint density at radius 1 is 1.22 bits per heavy atom. The van der Waals surface area contributed by atoms with Crippen LogP contribution in [0.1, 0.15) is 11.1 Å². The molecule has 0 spiro atoms. The zero-order chi connectivity index (χ0) is 13.0. The highest BCUT2D eigenvalue weighted by molar-refractivity contribution is 14.1. The lowest BCUT2D eigenvalue weighted by molar-refractivity contribution is 0.884. The molecule has 5 heteroatoms. The molecule has 0 saturated carbocycles. The van der Waals surface area contributed by atoms with E-state index in [1.54, 1.807) is 6.33 Å². The van der Waals surface area contributed by atoms with E-state index in [1.807, 2.05) is 13.2 Å². The van der Waals surface area contributed by atoms with Crippen molar-refractivity contribution in [3.63, 3.8) is 0 Å². The standard InChI is InChI=1S/C13H15IN4/c1-18(13-12(14)7-16-9-17-13)8-11-4-2-10(6-15)3-5-11/h2-5,7,9H,6,8,15H2,1H3. The van der Waals surface area contributed by atoms with Crippen LogP contribution in [0.3, 0.4) is 0 Å². The number of hydrogen-bond donors (Lipinski definition) is 1. The Morgan fingerprint density at radius 2 is 1.89 bits per heavy atom. The van der Waals surface area contributed by atoms with E-state index in [2.05, 4.69) is 61.7 Å². The van der Waals surface area contributed by atoms with Crippen LogP contribution in [-0.4, -0.2) is 17.0 Å². The van der Waals surface area contributed by atoms with Crippen molar-refractivity contribution in [3.8, 4) is 0 Å². The molecule has 0 atom stereocenters. The molecule has 0 bridgehead atoms. The number of benzene rings is 1. The zero-order valence-electron chi connectivity index (χ0n) is 10.2. The van der Waals surface area contributed by atoms with Gasteiger partial charge in [-0.25, -0.2) is 9.97 Å². The summed E-state index contributed by atoms with van der Waals surface area (Å²) in [6.07, 6.45) is 3.39. The number of nitrogens with two attached hydrogens (primary N) is 1. The largest absolute Gasteiger partial charge is 0.354 e. The van der Waals surface area contributed by atoms with Crippen molar-refractivity contribution < 1.29 is 0 Å². The predicted molar refractivity (Wildman–Crippen MR) is 81.2 cm³/mol. The molecule has 0 aliphatic heterocycles. The zero-order valence-corrected chi connectivity index (χ0v) is 12.3. The van der Waals surface area contributed by atoms with Crippen LogP contribution in [-0.2, 0) is 13.1 Å².